The molecule has 3 heterocycles. The van der Waals surface area contributed by atoms with Crippen molar-refractivity contribution >= 4 is 50.9 Å². The maximum atomic E-state index is 14.8. The van der Waals surface area contributed by atoms with E-state index >= 15 is 0 Å². The Balaban J connectivity index is 1.24. The van der Waals surface area contributed by atoms with Crippen LogP contribution in [0.5, 0.6) is 11.5 Å². The van der Waals surface area contributed by atoms with E-state index in [0.717, 1.165) is 27.2 Å². The molecule has 12 heteroatoms. The zero-order valence-corrected chi connectivity index (χ0v) is 39.6. The Labute approximate surface area is 406 Å². The first kappa shape index (κ1) is 46.7. The fourth-order valence-electron chi connectivity index (χ4n) is 8.48. The minimum Gasteiger partial charge on any atom is -0.490 e. The lowest BCUT2D eigenvalue weighted by molar-refractivity contribution is -0.134. The van der Waals surface area contributed by atoms with Gasteiger partial charge in [-0.1, -0.05) is 146 Å². The SMILES string of the molecule is C/C(OCc1ccccc1)=C(/OCc1ccccc1)C(O)n1cc(C2=C(c3cn(C(=O)OC(C)(C)C)c4c(OCc5ccccc5)cccc34)C(=O)N(C)C2=O)c2cccc(OCc3ccccc3)c21. The summed E-state index contributed by atoms with van der Waals surface area (Å²) in [6, 6.07) is 49.3. The van der Waals surface area contributed by atoms with Crippen LogP contribution in [-0.2, 0) is 50.2 Å². The van der Waals surface area contributed by atoms with Crippen LogP contribution in [0.2, 0.25) is 0 Å². The Kier molecular flexibility index (Phi) is 13.4. The van der Waals surface area contributed by atoms with Gasteiger partial charge in [0.15, 0.2) is 12.0 Å². The highest BCUT2D eigenvalue weighted by Gasteiger charge is 2.41. The third-order valence-electron chi connectivity index (χ3n) is 11.9. The standard InChI is InChI=1S/C58H53N3O9/c1-38(66-34-39-20-10-6-11-21-39)53(69-37-42-26-16-9-17-27-42)56(64)60-32-45(43-28-18-30-47(51(43)60)67-35-40-22-12-7-13-23-40)49-50(55(63)59(5)54(49)62)46-33-61(57(65)70-58(2,3)4)52-44(46)29-19-31-48(52)68-36-41-24-14-8-15-25-41/h6-33,56,64H,34-37H2,1-5H3/b53-38-. The van der Waals surface area contributed by atoms with Crippen LogP contribution in [0, 0.1) is 0 Å². The molecule has 354 valence electrons. The van der Waals surface area contributed by atoms with Gasteiger partial charge in [0, 0.05) is 41.3 Å². The van der Waals surface area contributed by atoms with Crippen molar-refractivity contribution in [3.05, 3.63) is 215 Å². The largest absolute Gasteiger partial charge is 0.490 e. The number of aliphatic hydroxyl groups excluding tert-OH is 1. The smallest absolute Gasteiger partial charge is 0.419 e. The van der Waals surface area contributed by atoms with Gasteiger partial charge >= 0.3 is 6.09 Å². The van der Waals surface area contributed by atoms with Gasteiger partial charge in [-0.15, -0.1) is 0 Å². The lowest BCUT2D eigenvalue weighted by atomic mass is 9.95. The highest BCUT2D eigenvalue weighted by molar-refractivity contribution is 6.50. The molecule has 6 aromatic carbocycles. The van der Waals surface area contributed by atoms with E-state index in [2.05, 4.69) is 0 Å². The summed E-state index contributed by atoms with van der Waals surface area (Å²) in [5.74, 6) is 0.0253. The van der Waals surface area contributed by atoms with Crippen LogP contribution in [0.4, 0.5) is 4.79 Å². The predicted octanol–water partition coefficient (Wildman–Crippen LogP) is 11.6. The molecule has 2 aromatic heterocycles. The van der Waals surface area contributed by atoms with E-state index in [0.29, 0.717) is 50.2 Å². The average molecular weight is 936 g/mol. The molecule has 1 aliphatic rings. The summed E-state index contributed by atoms with van der Waals surface area (Å²) < 4.78 is 34.6. The first-order valence-electron chi connectivity index (χ1n) is 23.0. The predicted molar refractivity (Wildman–Crippen MR) is 268 cm³/mol. The number of nitrogens with zero attached hydrogens (tertiary/aromatic N) is 3. The number of benzene rings is 6. The number of rotatable bonds is 16. The number of amides is 2. The highest BCUT2D eigenvalue weighted by atomic mass is 16.6. The maximum absolute atomic E-state index is 14.8. The maximum Gasteiger partial charge on any atom is 0.419 e. The van der Waals surface area contributed by atoms with E-state index in [1.807, 2.05) is 127 Å². The van der Waals surface area contributed by atoms with E-state index < -0.39 is 29.7 Å². The molecule has 0 saturated carbocycles. The molecule has 8 aromatic rings. The van der Waals surface area contributed by atoms with E-state index in [4.69, 9.17) is 23.7 Å². The topological polar surface area (TPSA) is 131 Å². The normalized spacial score (nSPS) is 13.7. The van der Waals surface area contributed by atoms with E-state index in [1.165, 1.54) is 17.8 Å². The summed E-state index contributed by atoms with van der Waals surface area (Å²) in [6.07, 6.45) is 0.931. The number of carbonyl (C=O) groups is 3. The minimum absolute atomic E-state index is 0.0441. The van der Waals surface area contributed by atoms with Gasteiger partial charge in [0.25, 0.3) is 11.8 Å². The molecule has 0 radical (unpaired) electrons. The third kappa shape index (κ3) is 9.81. The van der Waals surface area contributed by atoms with Gasteiger partial charge in [0.2, 0.25) is 0 Å². The van der Waals surface area contributed by atoms with Gasteiger partial charge in [0.05, 0.1) is 16.7 Å². The van der Waals surface area contributed by atoms with E-state index in [1.54, 1.807) is 68.8 Å². The van der Waals surface area contributed by atoms with Crippen molar-refractivity contribution in [2.45, 2.75) is 66.0 Å². The van der Waals surface area contributed by atoms with Gasteiger partial charge in [0.1, 0.15) is 54.8 Å². The number of fused-ring (bicyclic) bond motifs is 2. The molecule has 2 amide bonds. The monoisotopic (exact) mass is 935 g/mol. The number of aliphatic hydroxyl groups is 1. The van der Waals surface area contributed by atoms with Gasteiger partial charge in [-0.25, -0.2) is 9.36 Å². The van der Waals surface area contributed by atoms with Gasteiger partial charge in [-0.3, -0.25) is 14.5 Å². The lowest BCUT2D eigenvalue weighted by Crippen LogP contribution is -2.27. The van der Waals surface area contributed by atoms with Crippen LogP contribution < -0.4 is 9.47 Å². The number of para-hydroxylation sites is 2. The zero-order valence-electron chi connectivity index (χ0n) is 39.6. The molecule has 0 bridgehead atoms. The molecule has 1 aliphatic heterocycles. The fraction of sp³-hybridized carbons (Fsp3) is 0.190. The third-order valence-corrected chi connectivity index (χ3v) is 11.9. The van der Waals surface area contributed by atoms with E-state index in [9.17, 15) is 19.5 Å². The van der Waals surface area contributed by atoms with Crippen molar-refractivity contribution in [2.24, 2.45) is 0 Å². The quantitative estimate of drug-likeness (QED) is 0.0743. The summed E-state index contributed by atoms with van der Waals surface area (Å²) in [5.41, 5.74) is 4.23. The molecule has 9 rings (SSSR count). The average Bonchev–Trinajstić information content (AvgIpc) is 4.02. The van der Waals surface area contributed by atoms with Crippen LogP contribution in [0.1, 0.15) is 67.3 Å². The molecule has 12 nitrogen and oxygen atoms in total. The van der Waals surface area contributed by atoms with Crippen molar-refractivity contribution in [1.29, 1.82) is 0 Å². The second kappa shape index (κ2) is 20.1. The molecule has 1 N–H and O–H groups in total. The summed E-state index contributed by atoms with van der Waals surface area (Å²) in [5, 5.41) is 13.8. The molecular formula is C58H53N3O9. The van der Waals surface area contributed by atoms with Gasteiger partial charge < -0.3 is 33.4 Å². The van der Waals surface area contributed by atoms with Crippen molar-refractivity contribution in [3.8, 4) is 11.5 Å². The molecule has 0 fully saturated rings. The number of aromatic nitrogens is 2. The summed E-state index contributed by atoms with van der Waals surface area (Å²) >= 11 is 0. The fourth-order valence-corrected chi connectivity index (χ4v) is 8.48. The number of likely N-dealkylation sites (N-methyl/N-ethyl adjacent to an activating group) is 1. The Bertz CT molecular complexity index is 3260. The van der Waals surface area contributed by atoms with Crippen molar-refractivity contribution < 1.29 is 43.2 Å². The number of hydrogen-bond acceptors (Lipinski definition) is 9. The molecule has 70 heavy (non-hydrogen) atoms. The zero-order chi connectivity index (χ0) is 48.9. The number of hydrogen-bond donors (Lipinski definition) is 1. The van der Waals surface area contributed by atoms with Crippen LogP contribution >= 0.6 is 0 Å². The summed E-state index contributed by atoms with van der Waals surface area (Å²) in [7, 11) is 1.42. The van der Waals surface area contributed by atoms with Crippen LogP contribution in [0.25, 0.3) is 33.0 Å². The second-order valence-corrected chi connectivity index (χ2v) is 18.0. The Morgan fingerprint density at radius 3 is 1.47 bits per heavy atom. The minimum atomic E-state index is -1.54. The lowest BCUT2D eigenvalue weighted by Gasteiger charge is -2.22. The molecule has 0 saturated heterocycles. The van der Waals surface area contributed by atoms with Crippen LogP contribution in [-0.4, -0.2) is 49.7 Å². The molecular weight excluding hydrogens is 883 g/mol. The Morgan fingerprint density at radius 1 is 0.557 bits per heavy atom. The molecule has 1 atom stereocenters. The number of allylic oxidation sites excluding steroid dienone is 1. The Morgan fingerprint density at radius 2 is 0.986 bits per heavy atom. The first-order chi connectivity index (χ1) is 33.9. The van der Waals surface area contributed by atoms with E-state index in [-0.39, 0.29) is 43.3 Å². The van der Waals surface area contributed by atoms with Crippen molar-refractivity contribution in [3.63, 3.8) is 0 Å². The summed E-state index contributed by atoms with van der Waals surface area (Å²) in [4.78, 5) is 44.7. The number of ether oxygens (including phenoxy) is 5. The first-order valence-corrected chi connectivity index (χ1v) is 23.0. The number of carbonyl (C=O) groups excluding carboxylic acids is 3. The molecule has 1 unspecified atom stereocenters. The molecule has 0 spiro atoms. The van der Waals surface area contributed by atoms with Crippen LogP contribution in [0.3, 0.4) is 0 Å². The van der Waals surface area contributed by atoms with Crippen molar-refractivity contribution in [1.82, 2.24) is 14.0 Å². The van der Waals surface area contributed by atoms with Crippen molar-refractivity contribution in [2.75, 3.05) is 7.05 Å². The number of imide groups is 1. The van der Waals surface area contributed by atoms with Gasteiger partial charge in [-0.05, 0) is 62.1 Å². The summed E-state index contributed by atoms with van der Waals surface area (Å²) in [6.45, 7) is 7.74. The second-order valence-electron chi connectivity index (χ2n) is 18.0. The van der Waals surface area contributed by atoms with Gasteiger partial charge in [-0.2, -0.15) is 0 Å². The highest BCUT2D eigenvalue weighted by Crippen LogP contribution is 2.45. The molecule has 0 aliphatic carbocycles. The Hall–Kier alpha value is -8.35. The van der Waals surface area contributed by atoms with Crippen LogP contribution in [0.15, 0.2) is 182 Å².